The minimum atomic E-state index is -0.275. The van der Waals surface area contributed by atoms with Crippen molar-refractivity contribution in [3.05, 3.63) is 71.3 Å². The molecule has 152 valence electrons. The molecule has 0 saturated carbocycles. The molecule has 7 heteroatoms. The maximum atomic E-state index is 12.9. The molecule has 1 heterocycles. The number of nitrogens with zero attached hydrogens (tertiary/aromatic N) is 3. The van der Waals surface area contributed by atoms with Crippen LogP contribution in [-0.4, -0.2) is 35.1 Å². The van der Waals surface area contributed by atoms with Gasteiger partial charge in [-0.25, -0.2) is 0 Å². The van der Waals surface area contributed by atoms with Gasteiger partial charge in [0.1, 0.15) is 22.5 Å². The molecule has 0 aliphatic rings. The van der Waals surface area contributed by atoms with E-state index in [0.29, 0.717) is 28.3 Å². The predicted octanol–water partition coefficient (Wildman–Crippen LogP) is 4.31. The van der Waals surface area contributed by atoms with Crippen molar-refractivity contribution in [2.75, 3.05) is 19.5 Å². The first-order valence-corrected chi connectivity index (χ1v) is 9.46. The van der Waals surface area contributed by atoms with Gasteiger partial charge < -0.3 is 14.8 Å². The van der Waals surface area contributed by atoms with E-state index in [1.807, 2.05) is 50.2 Å². The number of nitrogens with one attached hydrogen (secondary N) is 1. The van der Waals surface area contributed by atoms with Gasteiger partial charge in [-0.15, -0.1) is 10.2 Å². The van der Waals surface area contributed by atoms with Crippen LogP contribution in [0.2, 0.25) is 0 Å². The molecule has 0 aliphatic heterocycles. The van der Waals surface area contributed by atoms with Crippen molar-refractivity contribution < 1.29 is 14.3 Å². The minimum Gasteiger partial charge on any atom is -0.497 e. The highest BCUT2D eigenvalue weighted by molar-refractivity contribution is 6.07. The Labute approximate surface area is 174 Å². The second kappa shape index (κ2) is 7.87. The fourth-order valence-electron chi connectivity index (χ4n) is 3.17. The van der Waals surface area contributed by atoms with E-state index in [-0.39, 0.29) is 5.91 Å². The van der Waals surface area contributed by atoms with Gasteiger partial charge in [0.25, 0.3) is 5.91 Å². The number of ether oxygens (including phenoxy) is 2. The van der Waals surface area contributed by atoms with Crippen LogP contribution in [0.3, 0.4) is 0 Å². The van der Waals surface area contributed by atoms with Crippen LogP contribution in [0.4, 0.5) is 5.69 Å². The largest absolute Gasteiger partial charge is 0.497 e. The summed E-state index contributed by atoms with van der Waals surface area (Å²) in [6.07, 6.45) is 0. The molecule has 0 bridgehead atoms. The van der Waals surface area contributed by atoms with E-state index >= 15 is 0 Å². The van der Waals surface area contributed by atoms with Gasteiger partial charge in [-0.05, 0) is 55.8 Å². The summed E-state index contributed by atoms with van der Waals surface area (Å²) in [6.45, 7) is 3.96. The van der Waals surface area contributed by atoms with E-state index in [2.05, 4.69) is 15.5 Å². The Bertz CT molecular complexity index is 1230. The molecular formula is C23H22N4O3. The van der Waals surface area contributed by atoms with Crippen molar-refractivity contribution in [2.24, 2.45) is 0 Å². The summed E-state index contributed by atoms with van der Waals surface area (Å²) >= 11 is 0. The fourth-order valence-corrected chi connectivity index (χ4v) is 3.17. The Morgan fingerprint density at radius 2 is 1.60 bits per heavy atom. The lowest BCUT2D eigenvalue weighted by molar-refractivity contribution is 0.102. The molecule has 0 saturated heterocycles. The van der Waals surface area contributed by atoms with Crippen LogP contribution in [0.1, 0.15) is 21.5 Å². The van der Waals surface area contributed by atoms with E-state index in [0.717, 1.165) is 16.8 Å². The summed E-state index contributed by atoms with van der Waals surface area (Å²) in [5.74, 6) is 0.785. The number of carbonyl (C=O) groups excluding carboxylic acids is 1. The third-order valence-corrected chi connectivity index (χ3v) is 4.89. The van der Waals surface area contributed by atoms with E-state index in [1.54, 1.807) is 30.1 Å². The SMILES string of the molecule is COc1ccc(C(=O)Nc2cc3nn(-c4ccc(C)cc4)nc3cc2C)c(OC)c1. The summed E-state index contributed by atoms with van der Waals surface area (Å²) in [5.41, 5.74) is 5.47. The highest BCUT2D eigenvalue weighted by Gasteiger charge is 2.16. The molecule has 3 aromatic carbocycles. The molecular weight excluding hydrogens is 380 g/mol. The summed E-state index contributed by atoms with van der Waals surface area (Å²) in [7, 11) is 3.09. The average molecular weight is 402 g/mol. The van der Waals surface area contributed by atoms with Gasteiger partial charge in [0, 0.05) is 11.8 Å². The van der Waals surface area contributed by atoms with Crippen LogP contribution in [0, 0.1) is 13.8 Å². The van der Waals surface area contributed by atoms with E-state index < -0.39 is 0 Å². The number of aromatic nitrogens is 3. The number of methoxy groups -OCH3 is 2. The Balaban J connectivity index is 1.65. The van der Waals surface area contributed by atoms with Crippen LogP contribution < -0.4 is 14.8 Å². The molecule has 1 amide bonds. The summed E-state index contributed by atoms with van der Waals surface area (Å²) in [5, 5.41) is 12.1. The second-order valence-electron chi connectivity index (χ2n) is 7.00. The standard InChI is InChI=1S/C23H22N4O3/c1-14-5-7-16(8-6-14)27-25-20-11-15(2)19(13-21(20)26-27)24-23(28)18-10-9-17(29-3)12-22(18)30-4/h5-13H,1-4H3,(H,24,28). The van der Waals surface area contributed by atoms with E-state index in [4.69, 9.17) is 9.47 Å². The van der Waals surface area contributed by atoms with Crippen molar-refractivity contribution in [1.82, 2.24) is 15.0 Å². The topological polar surface area (TPSA) is 78.3 Å². The van der Waals surface area contributed by atoms with Crippen LogP contribution in [0.5, 0.6) is 11.5 Å². The summed E-state index contributed by atoms with van der Waals surface area (Å²) < 4.78 is 10.5. The lowest BCUT2D eigenvalue weighted by atomic mass is 10.1. The zero-order valence-corrected chi connectivity index (χ0v) is 17.3. The highest BCUT2D eigenvalue weighted by Crippen LogP contribution is 2.27. The molecule has 7 nitrogen and oxygen atoms in total. The third-order valence-electron chi connectivity index (χ3n) is 4.89. The smallest absolute Gasteiger partial charge is 0.259 e. The van der Waals surface area contributed by atoms with Crippen molar-refractivity contribution in [3.63, 3.8) is 0 Å². The molecule has 1 aromatic heterocycles. The normalized spacial score (nSPS) is 10.8. The first-order valence-electron chi connectivity index (χ1n) is 9.46. The predicted molar refractivity (Wildman–Crippen MR) is 116 cm³/mol. The zero-order chi connectivity index (χ0) is 21.3. The average Bonchev–Trinajstić information content (AvgIpc) is 3.16. The number of hydrogen-bond donors (Lipinski definition) is 1. The van der Waals surface area contributed by atoms with Crippen LogP contribution >= 0.6 is 0 Å². The summed E-state index contributed by atoms with van der Waals surface area (Å²) in [6, 6.07) is 16.8. The van der Waals surface area contributed by atoms with Gasteiger partial charge in [-0.1, -0.05) is 17.7 Å². The van der Waals surface area contributed by atoms with Gasteiger partial charge in [-0.2, -0.15) is 4.80 Å². The van der Waals surface area contributed by atoms with Gasteiger partial charge in [0.2, 0.25) is 0 Å². The number of carbonyl (C=O) groups is 1. The lowest BCUT2D eigenvalue weighted by Crippen LogP contribution is -2.14. The first-order chi connectivity index (χ1) is 14.5. The van der Waals surface area contributed by atoms with Crippen molar-refractivity contribution in [3.8, 4) is 17.2 Å². The number of hydrogen-bond acceptors (Lipinski definition) is 5. The van der Waals surface area contributed by atoms with Gasteiger partial charge >= 0.3 is 0 Å². The fraction of sp³-hybridized carbons (Fsp3) is 0.174. The third kappa shape index (κ3) is 3.69. The van der Waals surface area contributed by atoms with Crippen molar-refractivity contribution >= 4 is 22.6 Å². The zero-order valence-electron chi connectivity index (χ0n) is 17.3. The van der Waals surface area contributed by atoms with Crippen molar-refractivity contribution in [1.29, 1.82) is 0 Å². The molecule has 0 fully saturated rings. The van der Waals surface area contributed by atoms with Crippen LogP contribution in [-0.2, 0) is 0 Å². The first kappa shape index (κ1) is 19.4. The lowest BCUT2D eigenvalue weighted by Gasteiger charge is -2.12. The molecule has 4 aromatic rings. The Morgan fingerprint density at radius 1 is 0.900 bits per heavy atom. The van der Waals surface area contributed by atoms with E-state index in [1.165, 1.54) is 12.7 Å². The Hall–Kier alpha value is -3.87. The molecule has 0 spiro atoms. The van der Waals surface area contributed by atoms with Crippen LogP contribution in [0.15, 0.2) is 54.6 Å². The molecule has 0 aliphatic carbocycles. The molecule has 0 unspecified atom stereocenters. The highest BCUT2D eigenvalue weighted by atomic mass is 16.5. The number of anilines is 1. The number of aryl methyl sites for hydroxylation is 2. The van der Waals surface area contributed by atoms with Gasteiger partial charge in [0.05, 0.1) is 25.5 Å². The molecule has 0 radical (unpaired) electrons. The molecule has 1 N–H and O–H groups in total. The number of amides is 1. The molecule has 4 rings (SSSR count). The second-order valence-corrected chi connectivity index (χ2v) is 7.00. The monoisotopic (exact) mass is 402 g/mol. The maximum absolute atomic E-state index is 12.9. The Morgan fingerprint density at radius 3 is 2.27 bits per heavy atom. The number of benzene rings is 3. The maximum Gasteiger partial charge on any atom is 0.259 e. The quantitative estimate of drug-likeness (QED) is 0.538. The van der Waals surface area contributed by atoms with Gasteiger partial charge in [0.15, 0.2) is 0 Å². The van der Waals surface area contributed by atoms with E-state index in [9.17, 15) is 4.79 Å². The minimum absolute atomic E-state index is 0.275. The molecule has 0 atom stereocenters. The van der Waals surface area contributed by atoms with Gasteiger partial charge in [-0.3, -0.25) is 4.79 Å². The Kier molecular flexibility index (Phi) is 5.10. The number of rotatable bonds is 5. The number of fused-ring (bicyclic) bond motifs is 1. The van der Waals surface area contributed by atoms with Crippen molar-refractivity contribution in [2.45, 2.75) is 13.8 Å². The summed E-state index contributed by atoms with van der Waals surface area (Å²) in [4.78, 5) is 14.5. The molecule has 30 heavy (non-hydrogen) atoms. The van der Waals surface area contributed by atoms with Crippen LogP contribution in [0.25, 0.3) is 16.7 Å².